The second kappa shape index (κ2) is 8.77. The number of nitrogens with one attached hydrogen (secondary N) is 2. The number of anilines is 3. The Morgan fingerprint density at radius 3 is 2.48 bits per heavy atom. The van der Waals surface area contributed by atoms with Crippen molar-refractivity contribution in [2.75, 3.05) is 10.6 Å². The summed E-state index contributed by atoms with van der Waals surface area (Å²) < 4.78 is 0. The molecule has 0 aliphatic heterocycles. The lowest BCUT2D eigenvalue weighted by atomic mass is 10.2. The highest BCUT2D eigenvalue weighted by molar-refractivity contribution is 6.04. The van der Waals surface area contributed by atoms with Crippen molar-refractivity contribution >= 4 is 35.5 Å². The number of para-hydroxylation sites is 1. The van der Waals surface area contributed by atoms with Crippen LogP contribution >= 0.6 is 12.4 Å². The summed E-state index contributed by atoms with van der Waals surface area (Å²) in [4.78, 5) is 20.5. The van der Waals surface area contributed by atoms with E-state index in [-0.39, 0.29) is 18.3 Å². The van der Waals surface area contributed by atoms with Gasteiger partial charge < -0.3 is 16.4 Å². The number of benzene rings is 2. The molecule has 0 fully saturated rings. The van der Waals surface area contributed by atoms with Crippen molar-refractivity contribution in [2.45, 2.75) is 6.54 Å². The van der Waals surface area contributed by atoms with Crippen molar-refractivity contribution in [3.8, 4) is 0 Å². The summed E-state index contributed by atoms with van der Waals surface area (Å²) in [6, 6.07) is 18.3. The zero-order valence-corrected chi connectivity index (χ0v) is 14.2. The standard InChI is InChI=1S/C18H17N5O.ClH/c19-11-16-10-17(21-12-20-16)22-15-8-4-5-13(9-15)18(24)23-14-6-2-1-3-7-14;/h1-10,12H,11,19H2,(H,23,24)(H,20,21,22);1H. The molecule has 1 amide bonds. The van der Waals surface area contributed by atoms with Crippen LogP contribution in [0.5, 0.6) is 0 Å². The Balaban J connectivity index is 0.00000225. The zero-order valence-electron chi connectivity index (χ0n) is 13.3. The van der Waals surface area contributed by atoms with Crippen LogP contribution in [-0.2, 0) is 6.54 Å². The van der Waals surface area contributed by atoms with E-state index in [1.165, 1.54) is 6.33 Å². The van der Waals surface area contributed by atoms with Crippen LogP contribution in [0.25, 0.3) is 0 Å². The summed E-state index contributed by atoms with van der Waals surface area (Å²) in [5, 5.41) is 6.01. The van der Waals surface area contributed by atoms with Gasteiger partial charge in [-0.15, -0.1) is 12.4 Å². The van der Waals surface area contributed by atoms with E-state index in [0.29, 0.717) is 17.9 Å². The van der Waals surface area contributed by atoms with E-state index in [1.807, 2.05) is 42.5 Å². The number of hydrogen-bond donors (Lipinski definition) is 3. The highest BCUT2D eigenvalue weighted by Crippen LogP contribution is 2.17. The SMILES string of the molecule is Cl.NCc1cc(Nc2cccc(C(=O)Nc3ccccc3)c2)ncn1. The summed E-state index contributed by atoms with van der Waals surface area (Å²) in [6.07, 6.45) is 1.45. The molecule has 0 saturated carbocycles. The van der Waals surface area contributed by atoms with Crippen molar-refractivity contribution in [1.29, 1.82) is 0 Å². The molecule has 2 aromatic carbocycles. The average molecular weight is 356 g/mol. The number of carbonyl (C=O) groups excluding carboxylic acids is 1. The molecule has 3 rings (SSSR count). The maximum atomic E-state index is 12.3. The minimum absolute atomic E-state index is 0. The summed E-state index contributed by atoms with van der Waals surface area (Å²) in [5.41, 5.74) is 8.39. The lowest BCUT2D eigenvalue weighted by Crippen LogP contribution is -2.12. The van der Waals surface area contributed by atoms with Gasteiger partial charge in [0.1, 0.15) is 12.1 Å². The monoisotopic (exact) mass is 355 g/mol. The number of carbonyl (C=O) groups is 1. The topological polar surface area (TPSA) is 92.9 Å². The number of aromatic nitrogens is 2. The van der Waals surface area contributed by atoms with E-state index in [9.17, 15) is 4.79 Å². The molecule has 7 heteroatoms. The predicted octanol–water partition coefficient (Wildman–Crippen LogP) is 3.35. The first-order chi connectivity index (χ1) is 11.7. The highest BCUT2D eigenvalue weighted by Gasteiger charge is 2.07. The summed E-state index contributed by atoms with van der Waals surface area (Å²) in [7, 11) is 0. The molecule has 0 spiro atoms. The van der Waals surface area contributed by atoms with Gasteiger partial charge in [0.2, 0.25) is 0 Å². The molecule has 0 saturated heterocycles. The van der Waals surface area contributed by atoms with Gasteiger partial charge in [0.05, 0.1) is 5.69 Å². The smallest absolute Gasteiger partial charge is 0.255 e. The second-order valence-electron chi connectivity index (χ2n) is 5.12. The fourth-order valence-electron chi connectivity index (χ4n) is 2.19. The Bertz CT molecular complexity index is 842. The summed E-state index contributed by atoms with van der Waals surface area (Å²) in [6.45, 7) is 0.344. The van der Waals surface area contributed by atoms with E-state index in [4.69, 9.17) is 5.73 Å². The molecule has 0 atom stereocenters. The molecule has 0 unspecified atom stereocenters. The van der Waals surface area contributed by atoms with Gasteiger partial charge >= 0.3 is 0 Å². The van der Waals surface area contributed by atoms with Gasteiger partial charge in [-0.1, -0.05) is 24.3 Å². The number of hydrogen-bond acceptors (Lipinski definition) is 5. The Morgan fingerprint density at radius 1 is 0.960 bits per heavy atom. The molecule has 3 aromatic rings. The minimum Gasteiger partial charge on any atom is -0.340 e. The molecule has 0 bridgehead atoms. The molecular formula is C18H18ClN5O. The van der Waals surface area contributed by atoms with Gasteiger partial charge in [0, 0.05) is 29.5 Å². The molecule has 0 aliphatic carbocycles. The molecule has 0 radical (unpaired) electrons. The third kappa shape index (κ3) is 5.00. The van der Waals surface area contributed by atoms with Crippen molar-refractivity contribution in [3.05, 3.63) is 78.2 Å². The predicted molar refractivity (Wildman–Crippen MR) is 101 cm³/mol. The Labute approximate surface area is 151 Å². The third-order valence-electron chi connectivity index (χ3n) is 3.36. The molecule has 4 N–H and O–H groups in total. The zero-order chi connectivity index (χ0) is 16.8. The van der Waals surface area contributed by atoms with Crippen molar-refractivity contribution in [1.82, 2.24) is 9.97 Å². The lowest BCUT2D eigenvalue weighted by Gasteiger charge is -2.09. The maximum Gasteiger partial charge on any atom is 0.255 e. The van der Waals surface area contributed by atoms with Crippen LogP contribution in [-0.4, -0.2) is 15.9 Å². The number of rotatable bonds is 5. The normalized spacial score (nSPS) is 9.80. The average Bonchev–Trinajstić information content (AvgIpc) is 2.63. The molecule has 0 aliphatic rings. The molecule has 128 valence electrons. The summed E-state index contributed by atoms with van der Waals surface area (Å²) in [5.74, 6) is 0.459. The summed E-state index contributed by atoms with van der Waals surface area (Å²) >= 11 is 0. The van der Waals surface area contributed by atoms with Gasteiger partial charge in [0.15, 0.2) is 0 Å². The number of nitrogens with zero attached hydrogens (tertiary/aromatic N) is 2. The number of nitrogens with two attached hydrogens (primary N) is 1. The van der Waals surface area contributed by atoms with Crippen LogP contribution in [0.3, 0.4) is 0 Å². The molecule has 1 heterocycles. The first-order valence-corrected chi connectivity index (χ1v) is 7.49. The van der Waals surface area contributed by atoms with Crippen LogP contribution in [0.15, 0.2) is 67.0 Å². The van der Waals surface area contributed by atoms with Gasteiger partial charge in [0.25, 0.3) is 5.91 Å². The number of halogens is 1. The number of amides is 1. The fraction of sp³-hybridized carbons (Fsp3) is 0.0556. The molecular weight excluding hydrogens is 338 g/mol. The van der Waals surface area contributed by atoms with Crippen molar-refractivity contribution < 1.29 is 4.79 Å². The van der Waals surface area contributed by atoms with Crippen molar-refractivity contribution in [2.24, 2.45) is 5.73 Å². The molecule has 25 heavy (non-hydrogen) atoms. The van der Waals surface area contributed by atoms with Gasteiger partial charge in [-0.3, -0.25) is 4.79 Å². The Hall–Kier alpha value is -2.96. The van der Waals surface area contributed by atoms with Gasteiger partial charge in [-0.2, -0.15) is 0 Å². The molecule has 6 nitrogen and oxygen atoms in total. The highest BCUT2D eigenvalue weighted by atomic mass is 35.5. The van der Waals surface area contributed by atoms with E-state index < -0.39 is 0 Å². The van der Waals surface area contributed by atoms with Crippen LogP contribution in [0.1, 0.15) is 16.1 Å². The van der Waals surface area contributed by atoms with Crippen molar-refractivity contribution in [3.63, 3.8) is 0 Å². The van der Waals surface area contributed by atoms with Crippen LogP contribution < -0.4 is 16.4 Å². The van der Waals surface area contributed by atoms with E-state index >= 15 is 0 Å². The first-order valence-electron chi connectivity index (χ1n) is 7.49. The quantitative estimate of drug-likeness (QED) is 0.652. The van der Waals surface area contributed by atoms with E-state index in [2.05, 4.69) is 20.6 Å². The second-order valence-corrected chi connectivity index (χ2v) is 5.12. The van der Waals surface area contributed by atoms with Crippen LogP contribution in [0.4, 0.5) is 17.2 Å². The minimum atomic E-state index is -0.171. The third-order valence-corrected chi connectivity index (χ3v) is 3.36. The van der Waals surface area contributed by atoms with Crippen LogP contribution in [0, 0.1) is 0 Å². The maximum absolute atomic E-state index is 12.3. The largest absolute Gasteiger partial charge is 0.340 e. The van der Waals surface area contributed by atoms with E-state index in [0.717, 1.165) is 17.1 Å². The first kappa shape index (κ1) is 18.4. The van der Waals surface area contributed by atoms with Crippen LogP contribution in [0.2, 0.25) is 0 Å². The van der Waals surface area contributed by atoms with E-state index in [1.54, 1.807) is 18.2 Å². The van der Waals surface area contributed by atoms with Gasteiger partial charge in [-0.25, -0.2) is 9.97 Å². The van der Waals surface area contributed by atoms with Gasteiger partial charge in [-0.05, 0) is 30.3 Å². The Kier molecular flexibility index (Phi) is 6.45. The fourth-order valence-corrected chi connectivity index (χ4v) is 2.19. The Morgan fingerprint density at radius 2 is 1.72 bits per heavy atom. The lowest BCUT2D eigenvalue weighted by molar-refractivity contribution is 0.102. The molecule has 1 aromatic heterocycles.